The predicted molar refractivity (Wildman–Crippen MR) is 106 cm³/mol. The zero-order valence-electron chi connectivity index (χ0n) is 13.7. The normalized spacial score (nSPS) is 17.6. The monoisotopic (exact) mass is 353 g/mol. The smallest absolute Gasteiger partial charge is 0.266 e. The maximum absolute atomic E-state index is 12.8. The van der Waals surface area contributed by atoms with Crippen LogP contribution in [-0.2, 0) is 11.2 Å². The molecule has 4 heteroatoms. The van der Waals surface area contributed by atoms with Crippen LogP contribution in [0.15, 0.2) is 59.5 Å². The minimum Gasteiger partial charge on any atom is -0.286 e. The third kappa shape index (κ3) is 3.45. The molecule has 1 heterocycles. The van der Waals surface area contributed by atoms with Gasteiger partial charge in [-0.25, -0.2) is 0 Å². The van der Waals surface area contributed by atoms with Gasteiger partial charge in [-0.3, -0.25) is 9.69 Å². The van der Waals surface area contributed by atoms with Crippen molar-refractivity contribution in [3.63, 3.8) is 0 Å². The molecule has 1 saturated heterocycles. The van der Waals surface area contributed by atoms with Crippen LogP contribution in [0.2, 0.25) is 0 Å². The minimum atomic E-state index is -0.0629. The quantitative estimate of drug-likeness (QED) is 0.556. The number of rotatable bonds is 4. The van der Waals surface area contributed by atoms with Crippen LogP contribution < -0.4 is 0 Å². The van der Waals surface area contributed by atoms with Crippen molar-refractivity contribution in [1.29, 1.82) is 0 Å². The number of amides is 1. The van der Waals surface area contributed by atoms with E-state index in [9.17, 15) is 4.79 Å². The molecule has 24 heavy (non-hydrogen) atoms. The van der Waals surface area contributed by atoms with Gasteiger partial charge in [-0.05, 0) is 36.1 Å². The third-order valence-electron chi connectivity index (χ3n) is 4.18. The van der Waals surface area contributed by atoms with Gasteiger partial charge in [-0.1, -0.05) is 85.5 Å². The molecule has 1 aliphatic heterocycles. The summed E-state index contributed by atoms with van der Waals surface area (Å²) in [5, 5.41) is 0. The van der Waals surface area contributed by atoms with Crippen LogP contribution in [0.3, 0.4) is 0 Å². The molecule has 3 rings (SSSR count). The second-order valence-electron chi connectivity index (χ2n) is 5.73. The molecule has 122 valence electrons. The summed E-state index contributed by atoms with van der Waals surface area (Å²) in [6, 6.07) is 18.2. The van der Waals surface area contributed by atoms with E-state index in [1.165, 1.54) is 17.3 Å². The minimum absolute atomic E-state index is 0.0130. The maximum atomic E-state index is 12.8. The number of hydrogen-bond donors (Lipinski definition) is 0. The Morgan fingerprint density at radius 1 is 1.12 bits per heavy atom. The van der Waals surface area contributed by atoms with Gasteiger partial charge >= 0.3 is 0 Å². The number of carbonyl (C=O) groups excluding carboxylic acids is 1. The molecule has 0 aromatic heterocycles. The van der Waals surface area contributed by atoms with Gasteiger partial charge in [0, 0.05) is 0 Å². The lowest BCUT2D eigenvalue weighted by Gasteiger charge is -2.23. The van der Waals surface area contributed by atoms with Gasteiger partial charge in [0.05, 0.1) is 10.9 Å². The topological polar surface area (TPSA) is 20.3 Å². The Balaban J connectivity index is 1.84. The summed E-state index contributed by atoms with van der Waals surface area (Å²) in [6.45, 7) is 4.14. The van der Waals surface area contributed by atoms with Gasteiger partial charge in [0.1, 0.15) is 4.32 Å². The molecule has 2 aromatic rings. The molecule has 0 radical (unpaired) electrons. The second kappa shape index (κ2) is 7.32. The summed E-state index contributed by atoms with van der Waals surface area (Å²) in [4.78, 5) is 15.2. The number of hydrogen-bond acceptors (Lipinski definition) is 3. The van der Waals surface area contributed by atoms with Crippen molar-refractivity contribution >= 4 is 40.3 Å². The standard InChI is InChI=1S/C20H19NOS2/c1-3-15-9-11-16(12-10-15)13-18-19(22)21(20(23)24-18)14(2)17-7-5-4-6-8-17/h4-14H,3H2,1-2H3/b18-13-. The van der Waals surface area contributed by atoms with E-state index < -0.39 is 0 Å². The first-order valence-corrected chi connectivity index (χ1v) is 9.23. The summed E-state index contributed by atoms with van der Waals surface area (Å²) >= 11 is 6.83. The molecule has 0 bridgehead atoms. The lowest BCUT2D eigenvalue weighted by atomic mass is 10.1. The zero-order valence-corrected chi connectivity index (χ0v) is 15.4. The molecule has 0 saturated carbocycles. The highest BCUT2D eigenvalue weighted by atomic mass is 32.2. The predicted octanol–water partition coefficient (Wildman–Crippen LogP) is 5.21. The van der Waals surface area contributed by atoms with Crippen molar-refractivity contribution in [3.8, 4) is 0 Å². The van der Waals surface area contributed by atoms with E-state index in [0.29, 0.717) is 9.23 Å². The van der Waals surface area contributed by atoms with E-state index in [-0.39, 0.29) is 11.9 Å². The van der Waals surface area contributed by atoms with E-state index in [0.717, 1.165) is 17.5 Å². The number of nitrogens with zero attached hydrogens (tertiary/aromatic N) is 1. The van der Waals surface area contributed by atoms with Crippen LogP contribution in [0.25, 0.3) is 6.08 Å². The van der Waals surface area contributed by atoms with Crippen LogP contribution >= 0.6 is 24.0 Å². The average Bonchev–Trinajstić information content (AvgIpc) is 2.89. The summed E-state index contributed by atoms with van der Waals surface area (Å²) < 4.78 is 0.618. The largest absolute Gasteiger partial charge is 0.286 e. The van der Waals surface area contributed by atoms with Crippen LogP contribution in [0.1, 0.15) is 36.6 Å². The van der Waals surface area contributed by atoms with Crippen molar-refractivity contribution in [2.75, 3.05) is 0 Å². The maximum Gasteiger partial charge on any atom is 0.266 e. The Morgan fingerprint density at radius 3 is 2.42 bits per heavy atom. The van der Waals surface area contributed by atoms with Gasteiger partial charge in [0.2, 0.25) is 0 Å². The summed E-state index contributed by atoms with van der Waals surface area (Å²) in [5.41, 5.74) is 3.40. The number of thiocarbonyl (C=S) groups is 1. The van der Waals surface area contributed by atoms with Crippen LogP contribution in [0.4, 0.5) is 0 Å². The lowest BCUT2D eigenvalue weighted by molar-refractivity contribution is -0.123. The zero-order chi connectivity index (χ0) is 17.1. The Hall–Kier alpha value is -1.91. The molecule has 0 spiro atoms. The van der Waals surface area contributed by atoms with Gasteiger partial charge in [-0.15, -0.1) is 0 Å². The number of thioether (sulfide) groups is 1. The number of benzene rings is 2. The lowest BCUT2D eigenvalue weighted by Crippen LogP contribution is -2.30. The third-order valence-corrected chi connectivity index (χ3v) is 5.51. The van der Waals surface area contributed by atoms with Gasteiger partial charge in [0.15, 0.2) is 0 Å². The molecule has 2 nitrogen and oxygen atoms in total. The van der Waals surface area contributed by atoms with Crippen molar-refractivity contribution in [1.82, 2.24) is 4.90 Å². The molecule has 0 aliphatic carbocycles. The highest BCUT2D eigenvalue weighted by molar-refractivity contribution is 8.26. The van der Waals surface area contributed by atoms with E-state index in [1.54, 1.807) is 4.90 Å². The molecule has 1 aliphatic rings. The summed E-state index contributed by atoms with van der Waals surface area (Å²) in [7, 11) is 0. The van der Waals surface area contributed by atoms with Crippen LogP contribution in [-0.4, -0.2) is 15.1 Å². The first-order valence-electron chi connectivity index (χ1n) is 8.01. The molecular weight excluding hydrogens is 334 g/mol. The summed E-state index contributed by atoms with van der Waals surface area (Å²) in [6.07, 6.45) is 2.94. The van der Waals surface area contributed by atoms with Gasteiger partial charge < -0.3 is 0 Å². The fraction of sp³-hybridized carbons (Fsp3) is 0.200. The Kier molecular flexibility index (Phi) is 5.17. The molecule has 0 N–H and O–H groups in total. The molecule has 1 atom stereocenters. The van der Waals surface area contributed by atoms with Crippen molar-refractivity contribution in [3.05, 3.63) is 76.2 Å². The van der Waals surface area contributed by atoms with Crippen LogP contribution in [0.5, 0.6) is 0 Å². The average molecular weight is 354 g/mol. The van der Waals surface area contributed by atoms with Crippen molar-refractivity contribution in [2.45, 2.75) is 26.3 Å². The van der Waals surface area contributed by atoms with E-state index in [1.807, 2.05) is 55.5 Å². The van der Waals surface area contributed by atoms with Gasteiger partial charge in [0.25, 0.3) is 5.91 Å². The van der Waals surface area contributed by atoms with E-state index in [2.05, 4.69) is 19.1 Å². The Morgan fingerprint density at radius 2 is 1.79 bits per heavy atom. The highest BCUT2D eigenvalue weighted by Gasteiger charge is 2.35. The van der Waals surface area contributed by atoms with E-state index in [4.69, 9.17) is 12.2 Å². The molecule has 1 fully saturated rings. The molecule has 1 unspecified atom stereocenters. The molecule has 1 amide bonds. The van der Waals surface area contributed by atoms with Crippen LogP contribution in [0, 0.1) is 0 Å². The Labute approximate surface area is 152 Å². The van der Waals surface area contributed by atoms with Crippen molar-refractivity contribution < 1.29 is 4.79 Å². The fourth-order valence-corrected chi connectivity index (χ4v) is 4.11. The Bertz CT molecular complexity index is 781. The first-order chi connectivity index (χ1) is 11.6. The highest BCUT2D eigenvalue weighted by Crippen LogP contribution is 2.37. The second-order valence-corrected chi connectivity index (χ2v) is 7.41. The number of carbonyl (C=O) groups is 1. The number of aryl methyl sites for hydroxylation is 1. The molecular formula is C20H19NOS2. The van der Waals surface area contributed by atoms with E-state index >= 15 is 0 Å². The molecule has 2 aromatic carbocycles. The SMILES string of the molecule is CCc1ccc(/C=C2\SC(=S)N(C(C)c3ccccc3)C2=O)cc1. The van der Waals surface area contributed by atoms with Crippen molar-refractivity contribution in [2.24, 2.45) is 0 Å². The summed E-state index contributed by atoms with van der Waals surface area (Å²) in [5.74, 6) is -0.0130. The first kappa shape index (κ1) is 16.9. The fourth-order valence-electron chi connectivity index (χ4n) is 2.70. The van der Waals surface area contributed by atoms with Gasteiger partial charge in [-0.2, -0.15) is 0 Å².